The van der Waals surface area contributed by atoms with Gasteiger partial charge in [-0.15, -0.1) is 0 Å². The average molecular weight is 268 g/mol. The van der Waals surface area contributed by atoms with Crippen LogP contribution < -0.4 is 10.2 Å². The Labute approximate surface area is 118 Å². The zero-order valence-electron chi connectivity index (χ0n) is 11.2. The highest BCUT2D eigenvalue weighted by Crippen LogP contribution is 2.10. The van der Waals surface area contributed by atoms with E-state index in [4.69, 9.17) is 0 Å². The van der Waals surface area contributed by atoms with Crippen LogP contribution in [0.25, 0.3) is 0 Å². The predicted octanol–water partition coefficient (Wildman–Crippen LogP) is 2.72. The number of urea groups is 1. The summed E-state index contributed by atoms with van der Waals surface area (Å²) in [6, 6.07) is 17.9. The molecule has 0 unspecified atom stereocenters. The lowest BCUT2D eigenvalue weighted by Crippen LogP contribution is -2.39. The van der Waals surface area contributed by atoms with E-state index in [-0.39, 0.29) is 18.4 Å². The first kappa shape index (κ1) is 13.8. The molecule has 2 aromatic rings. The van der Waals surface area contributed by atoms with Crippen molar-refractivity contribution in [3.8, 4) is 0 Å². The quantitative estimate of drug-likeness (QED) is 0.867. The second-order valence-corrected chi connectivity index (χ2v) is 4.34. The lowest BCUT2D eigenvalue weighted by atomic mass is 10.1. The third-order valence-corrected chi connectivity index (χ3v) is 2.94. The van der Waals surface area contributed by atoms with Crippen molar-refractivity contribution in [1.29, 1.82) is 0 Å². The molecule has 0 aliphatic heterocycles. The van der Waals surface area contributed by atoms with Crippen LogP contribution in [0.3, 0.4) is 0 Å². The highest BCUT2D eigenvalue weighted by molar-refractivity contribution is 6.01. The molecular formula is C16H16N2O2. The molecule has 0 aliphatic rings. The van der Waals surface area contributed by atoms with Crippen molar-refractivity contribution in [2.45, 2.75) is 0 Å². The van der Waals surface area contributed by atoms with Crippen LogP contribution in [-0.2, 0) is 0 Å². The van der Waals surface area contributed by atoms with Crippen molar-refractivity contribution in [3.05, 3.63) is 66.2 Å². The number of hydrogen-bond acceptors (Lipinski definition) is 2. The van der Waals surface area contributed by atoms with Gasteiger partial charge in [-0.3, -0.25) is 9.69 Å². The molecule has 1 N–H and O–H groups in total. The van der Waals surface area contributed by atoms with Crippen LogP contribution >= 0.6 is 0 Å². The lowest BCUT2D eigenvalue weighted by molar-refractivity contribution is 0.0993. The number of rotatable bonds is 4. The van der Waals surface area contributed by atoms with Crippen molar-refractivity contribution in [2.24, 2.45) is 0 Å². The Hall–Kier alpha value is -2.62. The van der Waals surface area contributed by atoms with Crippen molar-refractivity contribution >= 4 is 17.5 Å². The Kier molecular flexibility index (Phi) is 4.50. The van der Waals surface area contributed by atoms with E-state index in [1.165, 1.54) is 4.90 Å². The van der Waals surface area contributed by atoms with Gasteiger partial charge in [-0.25, -0.2) is 4.79 Å². The number of carbonyl (C=O) groups excluding carboxylic acids is 2. The number of nitrogens with one attached hydrogen (secondary N) is 1. The third kappa shape index (κ3) is 3.45. The zero-order valence-corrected chi connectivity index (χ0v) is 11.2. The fraction of sp³-hybridized carbons (Fsp3) is 0.125. The van der Waals surface area contributed by atoms with Crippen LogP contribution in [0.1, 0.15) is 10.4 Å². The Morgan fingerprint density at radius 1 is 0.950 bits per heavy atom. The Morgan fingerprint density at radius 3 is 2.10 bits per heavy atom. The predicted molar refractivity (Wildman–Crippen MR) is 79.0 cm³/mol. The summed E-state index contributed by atoms with van der Waals surface area (Å²) >= 11 is 0. The monoisotopic (exact) mass is 268 g/mol. The van der Waals surface area contributed by atoms with E-state index in [1.54, 1.807) is 31.3 Å². The van der Waals surface area contributed by atoms with Gasteiger partial charge in [0, 0.05) is 18.3 Å². The molecule has 0 fully saturated rings. The first-order valence-electron chi connectivity index (χ1n) is 6.33. The van der Waals surface area contributed by atoms with Gasteiger partial charge < -0.3 is 5.32 Å². The van der Waals surface area contributed by atoms with Gasteiger partial charge in [0.25, 0.3) is 0 Å². The minimum atomic E-state index is -0.305. The summed E-state index contributed by atoms with van der Waals surface area (Å²) in [5, 5.41) is 2.62. The van der Waals surface area contributed by atoms with E-state index >= 15 is 0 Å². The molecule has 0 saturated heterocycles. The summed E-state index contributed by atoms with van der Waals surface area (Å²) in [7, 11) is 1.66. The number of nitrogens with zero attached hydrogens (tertiary/aromatic N) is 1. The molecule has 0 aromatic heterocycles. The average Bonchev–Trinajstić information content (AvgIpc) is 2.53. The number of hydrogen-bond donors (Lipinski definition) is 1. The summed E-state index contributed by atoms with van der Waals surface area (Å²) in [6.07, 6.45) is 0. The number of anilines is 1. The molecule has 20 heavy (non-hydrogen) atoms. The summed E-state index contributed by atoms with van der Waals surface area (Å²) in [4.78, 5) is 25.3. The highest BCUT2D eigenvalue weighted by atomic mass is 16.2. The topological polar surface area (TPSA) is 49.4 Å². The Morgan fingerprint density at radius 2 is 1.50 bits per heavy atom. The van der Waals surface area contributed by atoms with Crippen LogP contribution in [0.4, 0.5) is 10.5 Å². The maximum absolute atomic E-state index is 11.9. The van der Waals surface area contributed by atoms with Gasteiger partial charge >= 0.3 is 6.03 Å². The fourth-order valence-electron chi connectivity index (χ4n) is 1.77. The standard InChI is InChI=1S/C16H16N2O2/c1-18(14-10-6-3-7-11-14)16(20)17-12-15(19)13-8-4-2-5-9-13/h2-11H,12H2,1H3,(H,17,20). The molecule has 4 heteroatoms. The molecule has 0 heterocycles. The largest absolute Gasteiger partial charge is 0.330 e. The van der Waals surface area contributed by atoms with E-state index in [1.807, 2.05) is 36.4 Å². The Bertz CT molecular complexity index is 582. The van der Waals surface area contributed by atoms with Crippen molar-refractivity contribution in [1.82, 2.24) is 5.32 Å². The van der Waals surface area contributed by atoms with Crippen LogP contribution in [0, 0.1) is 0 Å². The minimum absolute atomic E-state index is 0.0139. The van der Waals surface area contributed by atoms with Crippen LogP contribution in [0.15, 0.2) is 60.7 Å². The number of ketones is 1. The number of para-hydroxylation sites is 1. The molecular weight excluding hydrogens is 252 g/mol. The smallest absolute Gasteiger partial charge is 0.321 e. The number of benzene rings is 2. The van der Waals surface area contributed by atoms with Gasteiger partial charge in [0.1, 0.15) is 0 Å². The molecule has 0 spiro atoms. The lowest BCUT2D eigenvalue weighted by Gasteiger charge is -2.17. The van der Waals surface area contributed by atoms with Crippen molar-refractivity contribution in [2.75, 3.05) is 18.5 Å². The van der Waals surface area contributed by atoms with Crippen molar-refractivity contribution < 1.29 is 9.59 Å². The van der Waals surface area contributed by atoms with Crippen LogP contribution in [0.5, 0.6) is 0 Å². The molecule has 0 atom stereocenters. The first-order valence-corrected chi connectivity index (χ1v) is 6.33. The normalized spacial score (nSPS) is 9.85. The number of carbonyl (C=O) groups is 2. The van der Waals surface area contributed by atoms with E-state index in [9.17, 15) is 9.59 Å². The van der Waals surface area contributed by atoms with Gasteiger partial charge in [0.05, 0.1) is 6.54 Å². The second kappa shape index (κ2) is 6.52. The zero-order chi connectivity index (χ0) is 14.4. The van der Waals surface area contributed by atoms with Gasteiger partial charge in [-0.05, 0) is 12.1 Å². The summed E-state index contributed by atoms with van der Waals surface area (Å²) in [6.45, 7) is -0.0139. The number of amides is 2. The fourth-order valence-corrected chi connectivity index (χ4v) is 1.77. The van der Waals surface area contributed by atoms with E-state index < -0.39 is 0 Å². The van der Waals surface area contributed by atoms with E-state index in [2.05, 4.69) is 5.32 Å². The summed E-state index contributed by atoms with van der Waals surface area (Å²) in [5.41, 5.74) is 1.37. The molecule has 2 amide bonds. The van der Waals surface area contributed by atoms with E-state index in [0.717, 1.165) is 5.69 Å². The molecule has 2 rings (SSSR count). The number of Topliss-reactive ketones (excluding diaryl/α,β-unsaturated/α-hetero) is 1. The maximum atomic E-state index is 11.9. The minimum Gasteiger partial charge on any atom is -0.330 e. The van der Waals surface area contributed by atoms with E-state index in [0.29, 0.717) is 5.56 Å². The van der Waals surface area contributed by atoms with Crippen molar-refractivity contribution in [3.63, 3.8) is 0 Å². The summed E-state index contributed by atoms with van der Waals surface area (Å²) < 4.78 is 0. The molecule has 0 radical (unpaired) electrons. The molecule has 0 bridgehead atoms. The third-order valence-electron chi connectivity index (χ3n) is 2.94. The van der Waals surface area contributed by atoms with Gasteiger partial charge in [-0.1, -0.05) is 48.5 Å². The highest BCUT2D eigenvalue weighted by Gasteiger charge is 2.12. The molecule has 2 aromatic carbocycles. The van der Waals surface area contributed by atoms with Gasteiger partial charge in [0.2, 0.25) is 0 Å². The van der Waals surface area contributed by atoms with Gasteiger partial charge in [-0.2, -0.15) is 0 Å². The van der Waals surface area contributed by atoms with Gasteiger partial charge in [0.15, 0.2) is 5.78 Å². The summed E-state index contributed by atoms with van der Waals surface area (Å²) in [5.74, 6) is -0.111. The van der Waals surface area contributed by atoms with Crippen LogP contribution in [-0.4, -0.2) is 25.4 Å². The SMILES string of the molecule is CN(C(=O)NCC(=O)c1ccccc1)c1ccccc1. The van der Waals surface area contributed by atoms with Crippen LogP contribution in [0.2, 0.25) is 0 Å². The second-order valence-electron chi connectivity index (χ2n) is 4.34. The molecule has 102 valence electrons. The Balaban J connectivity index is 1.91. The molecule has 0 saturated carbocycles. The first-order chi connectivity index (χ1) is 9.68. The molecule has 0 aliphatic carbocycles. The maximum Gasteiger partial charge on any atom is 0.321 e. The molecule has 4 nitrogen and oxygen atoms in total.